The number of sulfone groups is 1. The fourth-order valence-corrected chi connectivity index (χ4v) is 5.14. The summed E-state index contributed by atoms with van der Waals surface area (Å²) in [5.41, 5.74) is 12.0. The standard InChI is InChI=1S/C26H23FN2O2S2/c1-16-4-11-21(14-17(16)2)29-26(28)24-15-23(18-7-12-22(13-8-18)33(3,30)31)25(32-24)19-5-9-20(27)10-6-19/h4-15H,1-3H3,(H2,28,29). The second-order valence-electron chi connectivity index (χ2n) is 7.92. The minimum absolute atomic E-state index is 0.251. The summed E-state index contributed by atoms with van der Waals surface area (Å²) in [6.45, 7) is 4.07. The predicted molar refractivity (Wildman–Crippen MR) is 135 cm³/mol. The third-order valence-electron chi connectivity index (χ3n) is 5.42. The smallest absolute Gasteiger partial charge is 0.175 e. The number of aryl methyl sites for hydroxylation is 2. The Morgan fingerprint density at radius 2 is 1.52 bits per heavy atom. The molecule has 0 fully saturated rings. The highest BCUT2D eigenvalue weighted by molar-refractivity contribution is 7.90. The number of thiophene rings is 1. The molecule has 2 N–H and O–H groups in total. The number of nitrogens with two attached hydrogens (primary N) is 1. The lowest BCUT2D eigenvalue weighted by Crippen LogP contribution is -2.10. The van der Waals surface area contributed by atoms with Gasteiger partial charge in [-0.05, 0) is 78.6 Å². The van der Waals surface area contributed by atoms with E-state index >= 15 is 0 Å². The van der Waals surface area contributed by atoms with Gasteiger partial charge in [0.25, 0.3) is 0 Å². The van der Waals surface area contributed by atoms with Crippen molar-refractivity contribution in [1.29, 1.82) is 0 Å². The van der Waals surface area contributed by atoms with Crippen LogP contribution in [0.25, 0.3) is 21.6 Å². The van der Waals surface area contributed by atoms with Crippen molar-refractivity contribution >= 4 is 32.7 Å². The number of halogens is 1. The first-order chi connectivity index (χ1) is 15.6. The summed E-state index contributed by atoms with van der Waals surface area (Å²) in [4.78, 5) is 6.52. The number of amidine groups is 1. The topological polar surface area (TPSA) is 72.5 Å². The third kappa shape index (κ3) is 5.05. The molecule has 0 saturated carbocycles. The predicted octanol–water partition coefficient (Wildman–Crippen LogP) is 6.28. The van der Waals surface area contributed by atoms with Crippen LogP contribution in [0.5, 0.6) is 0 Å². The van der Waals surface area contributed by atoms with Gasteiger partial charge in [0.15, 0.2) is 9.84 Å². The summed E-state index contributed by atoms with van der Waals surface area (Å²) in [5.74, 6) is 0.0658. The highest BCUT2D eigenvalue weighted by Gasteiger charge is 2.16. The number of hydrogen-bond acceptors (Lipinski definition) is 4. The van der Waals surface area contributed by atoms with Gasteiger partial charge in [0.1, 0.15) is 11.7 Å². The monoisotopic (exact) mass is 478 g/mol. The van der Waals surface area contributed by atoms with Crippen molar-refractivity contribution in [3.8, 4) is 21.6 Å². The van der Waals surface area contributed by atoms with Crippen LogP contribution >= 0.6 is 11.3 Å². The number of rotatable bonds is 5. The van der Waals surface area contributed by atoms with Gasteiger partial charge in [-0.1, -0.05) is 30.3 Å². The van der Waals surface area contributed by atoms with Crippen molar-refractivity contribution in [1.82, 2.24) is 0 Å². The lowest BCUT2D eigenvalue weighted by atomic mass is 10.0. The van der Waals surface area contributed by atoms with Crippen molar-refractivity contribution in [3.63, 3.8) is 0 Å². The van der Waals surface area contributed by atoms with Crippen molar-refractivity contribution in [2.24, 2.45) is 10.7 Å². The number of benzene rings is 3. The van der Waals surface area contributed by atoms with E-state index in [-0.39, 0.29) is 10.7 Å². The second kappa shape index (κ2) is 8.92. The summed E-state index contributed by atoms with van der Waals surface area (Å²) in [7, 11) is -3.30. The second-order valence-corrected chi connectivity index (χ2v) is 11.0. The molecule has 0 unspecified atom stereocenters. The quantitative estimate of drug-likeness (QED) is 0.271. The summed E-state index contributed by atoms with van der Waals surface area (Å²) in [6, 6.07) is 20.8. The van der Waals surface area contributed by atoms with E-state index in [1.54, 1.807) is 36.4 Å². The van der Waals surface area contributed by atoms with E-state index in [2.05, 4.69) is 4.99 Å². The number of aliphatic imine (C=N–C) groups is 1. The van der Waals surface area contributed by atoms with Crippen LogP contribution < -0.4 is 5.73 Å². The van der Waals surface area contributed by atoms with Gasteiger partial charge < -0.3 is 5.73 Å². The lowest BCUT2D eigenvalue weighted by Gasteiger charge is -2.06. The lowest BCUT2D eigenvalue weighted by molar-refractivity contribution is 0.602. The van der Waals surface area contributed by atoms with Crippen LogP contribution in [0, 0.1) is 19.7 Å². The molecule has 3 aromatic carbocycles. The molecule has 4 rings (SSSR count). The van der Waals surface area contributed by atoms with Crippen molar-refractivity contribution in [3.05, 3.63) is 94.6 Å². The maximum atomic E-state index is 13.5. The van der Waals surface area contributed by atoms with Crippen LogP contribution in [0.3, 0.4) is 0 Å². The van der Waals surface area contributed by atoms with Crippen molar-refractivity contribution in [2.45, 2.75) is 18.7 Å². The normalized spacial score (nSPS) is 12.2. The van der Waals surface area contributed by atoms with Crippen LogP contribution in [0.1, 0.15) is 16.0 Å². The first-order valence-electron chi connectivity index (χ1n) is 10.2. The molecule has 0 spiro atoms. The SMILES string of the molecule is Cc1ccc(N=C(N)c2cc(-c3ccc(S(C)(=O)=O)cc3)c(-c3ccc(F)cc3)s2)cc1C. The van der Waals surface area contributed by atoms with Crippen LogP contribution in [-0.2, 0) is 9.84 Å². The van der Waals surface area contributed by atoms with Gasteiger partial charge in [-0.2, -0.15) is 0 Å². The molecule has 0 radical (unpaired) electrons. The van der Waals surface area contributed by atoms with E-state index in [1.165, 1.54) is 35.3 Å². The first kappa shape index (κ1) is 22.9. The molecule has 0 atom stereocenters. The minimum atomic E-state index is -3.30. The Morgan fingerprint density at radius 3 is 2.12 bits per heavy atom. The zero-order valence-corrected chi connectivity index (χ0v) is 20.1. The van der Waals surface area contributed by atoms with Gasteiger partial charge in [0.05, 0.1) is 15.5 Å². The molecule has 0 aliphatic heterocycles. The molecule has 33 heavy (non-hydrogen) atoms. The Labute approximate surface area is 197 Å². The molecule has 4 nitrogen and oxygen atoms in total. The summed E-state index contributed by atoms with van der Waals surface area (Å²) >= 11 is 1.46. The highest BCUT2D eigenvalue weighted by Crippen LogP contribution is 2.40. The van der Waals surface area contributed by atoms with Crippen molar-refractivity contribution in [2.75, 3.05) is 6.26 Å². The fraction of sp³-hybridized carbons (Fsp3) is 0.115. The average molecular weight is 479 g/mol. The molecule has 4 aromatic rings. The highest BCUT2D eigenvalue weighted by atomic mass is 32.2. The van der Waals surface area contributed by atoms with Crippen LogP contribution in [-0.4, -0.2) is 20.5 Å². The molecule has 1 aromatic heterocycles. The van der Waals surface area contributed by atoms with Gasteiger partial charge >= 0.3 is 0 Å². The molecule has 0 saturated heterocycles. The van der Waals surface area contributed by atoms with Crippen molar-refractivity contribution < 1.29 is 12.8 Å². The molecular formula is C26H23FN2O2S2. The van der Waals surface area contributed by atoms with Crippen LogP contribution in [0.15, 0.2) is 82.7 Å². The van der Waals surface area contributed by atoms with Gasteiger partial charge in [0, 0.05) is 16.7 Å². The summed E-state index contributed by atoms with van der Waals surface area (Å²) < 4.78 is 37.2. The van der Waals surface area contributed by atoms with E-state index in [4.69, 9.17) is 5.73 Å². The molecular weight excluding hydrogens is 455 g/mol. The molecule has 7 heteroatoms. The molecule has 168 valence electrons. The molecule has 0 amide bonds. The Kier molecular flexibility index (Phi) is 6.19. The maximum absolute atomic E-state index is 13.5. The number of nitrogens with zero attached hydrogens (tertiary/aromatic N) is 1. The third-order valence-corrected chi connectivity index (χ3v) is 7.76. The largest absolute Gasteiger partial charge is 0.383 e. The van der Waals surface area contributed by atoms with E-state index in [9.17, 15) is 12.8 Å². The minimum Gasteiger partial charge on any atom is -0.383 e. The average Bonchev–Trinajstić information content (AvgIpc) is 3.22. The molecule has 1 heterocycles. The fourth-order valence-electron chi connectivity index (χ4n) is 3.42. The number of hydrogen-bond donors (Lipinski definition) is 1. The van der Waals surface area contributed by atoms with E-state index in [0.29, 0.717) is 5.84 Å². The van der Waals surface area contributed by atoms with Gasteiger partial charge in [-0.25, -0.2) is 17.8 Å². The Bertz CT molecular complexity index is 1450. The molecule has 0 aliphatic rings. The molecule has 0 aliphatic carbocycles. The van der Waals surface area contributed by atoms with Crippen LogP contribution in [0.2, 0.25) is 0 Å². The summed E-state index contributed by atoms with van der Waals surface area (Å²) in [6.07, 6.45) is 1.18. The maximum Gasteiger partial charge on any atom is 0.175 e. The van der Waals surface area contributed by atoms with E-state index in [1.807, 2.05) is 38.1 Å². The van der Waals surface area contributed by atoms with Crippen LogP contribution in [0.4, 0.5) is 10.1 Å². The molecule has 0 bridgehead atoms. The zero-order chi connectivity index (χ0) is 23.8. The Balaban J connectivity index is 1.82. The van der Waals surface area contributed by atoms with E-state index < -0.39 is 9.84 Å². The van der Waals surface area contributed by atoms with Gasteiger partial charge in [-0.15, -0.1) is 11.3 Å². The first-order valence-corrected chi connectivity index (χ1v) is 12.9. The Hall–Kier alpha value is -3.29. The summed E-state index contributed by atoms with van der Waals surface area (Å²) in [5, 5.41) is 0. The zero-order valence-electron chi connectivity index (χ0n) is 18.5. The van der Waals surface area contributed by atoms with Gasteiger partial charge in [-0.3, -0.25) is 0 Å². The Morgan fingerprint density at radius 1 is 0.879 bits per heavy atom. The van der Waals surface area contributed by atoms with E-state index in [0.717, 1.165) is 37.7 Å². The van der Waals surface area contributed by atoms with Gasteiger partial charge in [0.2, 0.25) is 0 Å².